The monoisotopic (exact) mass is 684 g/mol. The number of aliphatic imine (C=N–C) groups is 1. The van der Waals surface area contributed by atoms with E-state index in [2.05, 4.69) is 37.2 Å². The maximum absolute atomic E-state index is 14.4. The zero-order valence-electron chi connectivity index (χ0n) is 22.6. The number of hydrogen-bond donors (Lipinski definition) is 3. The topological polar surface area (TPSA) is 100 Å². The van der Waals surface area contributed by atoms with Crippen molar-refractivity contribution in [3.8, 4) is 5.75 Å². The number of carbonyl (C=O) groups excluding carboxylic acids is 1. The molecule has 5 rings (SSSR count). The summed E-state index contributed by atoms with van der Waals surface area (Å²) in [5.74, 6) is 0.892. The van der Waals surface area contributed by atoms with Crippen molar-refractivity contribution in [1.29, 1.82) is 0 Å². The number of amides is 1. The molecule has 1 fully saturated rings. The highest BCUT2D eigenvalue weighted by Crippen LogP contribution is 2.43. The van der Waals surface area contributed by atoms with Gasteiger partial charge >= 0.3 is 0 Å². The van der Waals surface area contributed by atoms with Gasteiger partial charge in [0, 0.05) is 40.0 Å². The lowest BCUT2D eigenvalue weighted by Crippen LogP contribution is -2.53. The molecule has 1 amide bonds. The number of halogens is 2. The molecule has 1 heterocycles. The molecule has 0 unspecified atom stereocenters. The Morgan fingerprint density at radius 2 is 1.59 bits per heavy atom. The molecule has 0 bridgehead atoms. The first kappa shape index (κ1) is 29.8. The Morgan fingerprint density at radius 3 is 2.22 bits per heavy atom. The standard InChI is InChI=1S/C32H34Br2N2O5/c33-24-8-2-21(3-9-24)20-32(31(39)35-26-12-14-27(38)15-13-26)29(22-4-10-25(34)11-5-22)41-30(36-32)23-6-16-28(17-7-23)40-19-1-18-37/h2-11,16-17,26-27,29,37-38H,1,12-15,18-20H2,(H,35,39)/t26?,27?,29-,32-/m1/s1. The van der Waals surface area contributed by atoms with E-state index in [1.54, 1.807) is 0 Å². The Labute approximate surface area is 257 Å². The van der Waals surface area contributed by atoms with Gasteiger partial charge in [-0.3, -0.25) is 4.79 Å². The summed E-state index contributed by atoms with van der Waals surface area (Å²) in [5.41, 5.74) is 1.30. The van der Waals surface area contributed by atoms with Crippen LogP contribution in [-0.4, -0.2) is 52.9 Å². The summed E-state index contributed by atoms with van der Waals surface area (Å²) in [6.45, 7) is 0.498. The second kappa shape index (κ2) is 13.5. The van der Waals surface area contributed by atoms with E-state index in [4.69, 9.17) is 19.6 Å². The van der Waals surface area contributed by atoms with Crippen LogP contribution in [0.5, 0.6) is 5.75 Å². The van der Waals surface area contributed by atoms with Crippen LogP contribution in [0.4, 0.5) is 0 Å². The largest absolute Gasteiger partial charge is 0.494 e. The summed E-state index contributed by atoms with van der Waals surface area (Å²) in [7, 11) is 0. The quantitative estimate of drug-likeness (QED) is 0.231. The summed E-state index contributed by atoms with van der Waals surface area (Å²) >= 11 is 7.03. The summed E-state index contributed by atoms with van der Waals surface area (Å²) in [4.78, 5) is 19.5. The van der Waals surface area contributed by atoms with Crippen molar-refractivity contribution < 1.29 is 24.5 Å². The van der Waals surface area contributed by atoms with Gasteiger partial charge in [0.2, 0.25) is 5.90 Å². The molecule has 0 aromatic heterocycles. The number of hydrogen-bond acceptors (Lipinski definition) is 6. The molecular formula is C32H34Br2N2O5. The number of aliphatic hydroxyl groups is 2. The van der Waals surface area contributed by atoms with Gasteiger partial charge in [-0.05, 0) is 85.3 Å². The smallest absolute Gasteiger partial charge is 0.252 e. The van der Waals surface area contributed by atoms with E-state index in [0.717, 1.165) is 38.5 Å². The Kier molecular flexibility index (Phi) is 9.80. The van der Waals surface area contributed by atoms with Crippen LogP contribution >= 0.6 is 31.9 Å². The molecule has 1 saturated carbocycles. The van der Waals surface area contributed by atoms with E-state index in [-0.39, 0.29) is 24.7 Å². The number of benzene rings is 3. The lowest BCUT2D eigenvalue weighted by atomic mass is 9.81. The lowest BCUT2D eigenvalue weighted by Gasteiger charge is -2.34. The third kappa shape index (κ3) is 7.20. The van der Waals surface area contributed by atoms with Crippen molar-refractivity contribution in [2.75, 3.05) is 13.2 Å². The van der Waals surface area contributed by atoms with Gasteiger partial charge in [0.15, 0.2) is 11.6 Å². The molecule has 0 saturated heterocycles. The average Bonchev–Trinajstić information content (AvgIpc) is 3.37. The Balaban J connectivity index is 1.54. The fourth-order valence-electron chi connectivity index (χ4n) is 5.36. The Bertz CT molecular complexity index is 1340. The minimum atomic E-state index is -1.26. The zero-order chi connectivity index (χ0) is 28.8. The van der Waals surface area contributed by atoms with Gasteiger partial charge in [0.05, 0.1) is 12.7 Å². The van der Waals surface area contributed by atoms with Crippen molar-refractivity contribution in [1.82, 2.24) is 5.32 Å². The highest BCUT2D eigenvalue weighted by atomic mass is 79.9. The normalized spacial score (nSPS) is 23.9. The van der Waals surface area contributed by atoms with E-state index in [1.165, 1.54) is 0 Å². The highest BCUT2D eigenvalue weighted by Gasteiger charge is 2.53. The number of aliphatic hydroxyl groups excluding tert-OH is 2. The van der Waals surface area contributed by atoms with Crippen LogP contribution in [0.1, 0.15) is 54.9 Å². The molecule has 2 atom stereocenters. The van der Waals surface area contributed by atoms with Crippen LogP contribution in [0.25, 0.3) is 0 Å². The first-order valence-corrected chi connectivity index (χ1v) is 15.5. The Morgan fingerprint density at radius 1 is 0.951 bits per heavy atom. The molecule has 3 aromatic rings. The van der Waals surface area contributed by atoms with Crippen LogP contribution in [0.3, 0.4) is 0 Å². The SMILES string of the molecule is O=C(NC1CCC(O)CC1)[C@]1(Cc2ccc(Br)cc2)N=C(c2ccc(OCCCO)cc2)O[C@@H]1c1ccc(Br)cc1. The maximum Gasteiger partial charge on any atom is 0.252 e. The second-order valence-electron chi connectivity index (χ2n) is 10.6. The molecule has 216 valence electrons. The molecule has 41 heavy (non-hydrogen) atoms. The van der Waals surface area contributed by atoms with Gasteiger partial charge < -0.3 is 25.0 Å². The predicted molar refractivity (Wildman–Crippen MR) is 165 cm³/mol. The maximum atomic E-state index is 14.4. The molecule has 2 aliphatic rings. The van der Waals surface area contributed by atoms with Crippen molar-refractivity contribution in [3.63, 3.8) is 0 Å². The zero-order valence-corrected chi connectivity index (χ0v) is 25.8. The summed E-state index contributed by atoms with van der Waals surface area (Å²) < 4.78 is 14.2. The summed E-state index contributed by atoms with van der Waals surface area (Å²) in [5, 5.41) is 22.3. The molecule has 0 spiro atoms. The number of carbonyl (C=O) groups is 1. The van der Waals surface area contributed by atoms with Crippen molar-refractivity contribution >= 4 is 43.7 Å². The molecule has 1 aliphatic heterocycles. The minimum Gasteiger partial charge on any atom is -0.494 e. The van der Waals surface area contributed by atoms with Crippen LogP contribution in [-0.2, 0) is 16.0 Å². The average molecular weight is 686 g/mol. The van der Waals surface area contributed by atoms with Gasteiger partial charge in [-0.25, -0.2) is 4.99 Å². The van der Waals surface area contributed by atoms with Gasteiger partial charge in [0.1, 0.15) is 5.75 Å². The summed E-state index contributed by atoms with van der Waals surface area (Å²) in [6.07, 6.45) is 2.69. The minimum absolute atomic E-state index is 0.0344. The van der Waals surface area contributed by atoms with E-state index in [9.17, 15) is 9.90 Å². The van der Waals surface area contributed by atoms with Gasteiger partial charge in [-0.1, -0.05) is 56.1 Å². The molecule has 0 radical (unpaired) electrons. The third-order valence-electron chi connectivity index (χ3n) is 7.62. The predicted octanol–water partition coefficient (Wildman–Crippen LogP) is 5.89. The van der Waals surface area contributed by atoms with E-state index in [1.807, 2.05) is 72.8 Å². The number of rotatable bonds is 10. The van der Waals surface area contributed by atoms with Gasteiger partial charge in [0.25, 0.3) is 5.91 Å². The Hall–Kier alpha value is -2.72. The number of nitrogens with one attached hydrogen (secondary N) is 1. The van der Waals surface area contributed by atoms with Crippen molar-refractivity contribution in [2.24, 2.45) is 4.99 Å². The van der Waals surface area contributed by atoms with Gasteiger partial charge in [-0.15, -0.1) is 0 Å². The van der Waals surface area contributed by atoms with Crippen LogP contribution in [0.15, 0.2) is 86.7 Å². The first-order chi connectivity index (χ1) is 19.9. The van der Waals surface area contributed by atoms with Crippen LogP contribution in [0.2, 0.25) is 0 Å². The summed E-state index contributed by atoms with van der Waals surface area (Å²) in [6, 6.07) is 23.2. The second-order valence-corrected chi connectivity index (χ2v) is 12.5. The molecule has 9 heteroatoms. The first-order valence-electron chi connectivity index (χ1n) is 14.0. The molecular weight excluding hydrogens is 652 g/mol. The van der Waals surface area contributed by atoms with Crippen molar-refractivity contribution in [2.45, 2.75) is 62.3 Å². The fraction of sp³-hybridized carbons (Fsp3) is 0.375. The molecule has 1 aliphatic carbocycles. The molecule has 3 N–H and O–H groups in total. The highest BCUT2D eigenvalue weighted by molar-refractivity contribution is 9.10. The number of nitrogens with zero attached hydrogens (tertiary/aromatic N) is 1. The third-order valence-corrected chi connectivity index (χ3v) is 8.68. The molecule has 3 aromatic carbocycles. The van der Waals surface area contributed by atoms with E-state index >= 15 is 0 Å². The number of ether oxygens (including phenoxy) is 2. The lowest BCUT2D eigenvalue weighted by molar-refractivity contribution is -0.130. The van der Waals surface area contributed by atoms with Crippen molar-refractivity contribution in [3.05, 3.63) is 98.4 Å². The van der Waals surface area contributed by atoms with E-state index in [0.29, 0.717) is 43.9 Å². The molecule has 7 nitrogen and oxygen atoms in total. The van der Waals surface area contributed by atoms with Gasteiger partial charge in [-0.2, -0.15) is 0 Å². The van der Waals surface area contributed by atoms with Crippen LogP contribution in [0, 0.1) is 0 Å². The fourth-order valence-corrected chi connectivity index (χ4v) is 5.89. The van der Waals surface area contributed by atoms with E-state index < -0.39 is 11.6 Å². The van der Waals surface area contributed by atoms with Crippen LogP contribution < -0.4 is 10.1 Å².